The minimum atomic E-state index is 0.538. The molecular formula is C15H18N4. The van der Waals surface area contributed by atoms with Gasteiger partial charge in [0.1, 0.15) is 5.69 Å². The lowest BCUT2D eigenvalue weighted by Gasteiger charge is -2.04. The van der Waals surface area contributed by atoms with E-state index in [1.54, 1.807) is 6.07 Å². The van der Waals surface area contributed by atoms with Crippen LogP contribution in [0.25, 0.3) is 0 Å². The van der Waals surface area contributed by atoms with Crippen molar-refractivity contribution < 1.29 is 0 Å². The summed E-state index contributed by atoms with van der Waals surface area (Å²) in [6, 6.07) is 9.52. The van der Waals surface area contributed by atoms with Gasteiger partial charge in [-0.15, -0.1) is 5.11 Å². The van der Waals surface area contributed by atoms with E-state index in [9.17, 15) is 0 Å². The maximum Gasteiger partial charge on any atom is 0.109 e. The van der Waals surface area contributed by atoms with Crippen molar-refractivity contribution in [3.05, 3.63) is 47.0 Å². The molecule has 0 heterocycles. The summed E-state index contributed by atoms with van der Waals surface area (Å²) in [5.41, 5.74) is 17.7. The van der Waals surface area contributed by atoms with Crippen molar-refractivity contribution in [3.63, 3.8) is 0 Å². The van der Waals surface area contributed by atoms with Crippen LogP contribution in [-0.4, -0.2) is 0 Å². The minimum Gasteiger partial charge on any atom is -0.398 e. The lowest BCUT2D eigenvalue weighted by molar-refractivity contribution is 1.21. The van der Waals surface area contributed by atoms with Gasteiger partial charge in [0.05, 0.1) is 11.4 Å². The molecule has 0 aliphatic carbocycles. The van der Waals surface area contributed by atoms with Crippen LogP contribution in [0.1, 0.15) is 16.7 Å². The highest BCUT2D eigenvalue weighted by molar-refractivity contribution is 5.70. The molecule has 2 aromatic carbocycles. The average molecular weight is 254 g/mol. The number of hydrogen-bond donors (Lipinski definition) is 2. The Hall–Kier alpha value is -2.36. The predicted molar refractivity (Wildman–Crippen MR) is 80.1 cm³/mol. The van der Waals surface area contributed by atoms with Crippen LogP contribution < -0.4 is 11.5 Å². The van der Waals surface area contributed by atoms with E-state index in [0.29, 0.717) is 17.1 Å². The normalized spacial score (nSPS) is 11.1. The molecule has 0 aliphatic heterocycles. The molecule has 0 bridgehead atoms. The monoisotopic (exact) mass is 254 g/mol. The summed E-state index contributed by atoms with van der Waals surface area (Å²) in [7, 11) is 0. The van der Waals surface area contributed by atoms with E-state index in [1.807, 2.05) is 31.2 Å². The molecule has 19 heavy (non-hydrogen) atoms. The van der Waals surface area contributed by atoms with Gasteiger partial charge in [0, 0.05) is 5.69 Å². The summed E-state index contributed by atoms with van der Waals surface area (Å²) in [4.78, 5) is 0. The first-order chi connectivity index (χ1) is 8.97. The zero-order valence-corrected chi connectivity index (χ0v) is 11.4. The highest BCUT2D eigenvalue weighted by Crippen LogP contribution is 2.29. The fraction of sp³-hybridized carbons (Fsp3) is 0.200. The van der Waals surface area contributed by atoms with Crippen LogP contribution in [-0.2, 0) is 0 Å². The molecule has 0 unspecified atom stereocenters. The van der Waals surface area contributed by atoms with E-state index in [-0.39, 0.29) is 0 Å². The van der Waals surface area contributed by atoms with Crippen molar-refractivity contribution in [2.24, 2.45) is 10.2 Å². The lowest BCUT2D eigenvalue weighted by Crippen LogP contribution is -1.93. The molecule has 4 nitrogen and oxygen atoms in total. The summed E-state index contributed by atoms with van der Waals surface area (Å²) in [5, 5.41) is 8.41. The maximum atomic E-state index is 5.87. The summed E-state index contributed by atoms with van der Waals surface area (Å²) >= 11 is 0. The standard InChI is InChI=1S/C15H18N4/c1-9-4-5-12(6-10(9)2)18-19-15-7-11(3)13(16)8-14(15)17/h4-8H,16-17H2,1-3H3/b19-18+. The zero-order chi connectivity index (χ0) is 14.0. The molecule has 4 heteroatoms. The molecule has 0 fully saturated rings. The minimum absolute atomic E-state index is 0.538. The number of hydrogen-bond acceptors (Lipinski definition) is 4. The molecule has 0 aliphatic rings. The van der Waals surface area contributed by atoms with Crippen LogP contribution in [0.4, 0.5) is 22.7 Å². The predicted octanol–water partition coefficient (Wildman–Crippen LogP) is 4.19. The Morgan fingerprint density at radius 2 is 1.47 bits per heavy atom. The first kappa shape index (κ1) is 13.1. The Bertz CT molecular complexity index is 645. The fourth-order valence-corrected chi connectivity index (χ4v) is 1.71. The second-order valence-corrected chi connectivity index (χ2v) is 4.74. The highest BCUT2D eigenvalue weighted by atomic mass is 15.1. The van der Waals surface area contributed by atoms with E-state index < -0.39 is 0 Å². The average Bonchev–Trinajstić information content (AvgIpc) is 2.36. The fourth-order valence-electron chi connectivity index (χ4n) is 1.71. The molecule has 0 saturated carbocycles. The topological polar surface area (TPSA) is 76.8 Å². The molecule has 98 valence electrons. The molecule has 0 atom stereocenters. The van der Waals surface area contributed by atoms with Crippen LogP contribution >= 0.6 is 0 Å². The molecule has 4 N–H and O–H groups in total. The van der Waals surface area contributed by atoms with E-state index in [4.69, 9.17) is 11.5 Å². The molecule has 2 aromatic rings. The van der Waals surface area contributed by atoms with Crippen molar-refractivity contribution in [2.75, 3.05) is 11.5 Å². The number of rotatable bonds is 2. The van der Waals surface area contributed by atoms with Crippen LogP contribution in [0.3, 0.4) is 0 Å². The van der Waals surface area contributed by atoms with Gasteiger partial charge in [0.25, 0.3) is 0 Å². The molecule has 0 aromatic heterocycles. The molecule has 0 spiro atoms. The number of nitrogens with two attached hydrogens (primary N) is 2. The summed E-state index contributed by atoms with van der Waals surface area (Å²) in [6.45, 7) is 6.04. The Balaban J connectivity index is 2.32. The molecule has 0 radical (unpaired) electrons. The third-order valence-electron chi connectivity index (χ3n) is 3.18. The van der Waals surface area contributed by atoms with Crippen LogP contribution in [0.5, 0.6) is 0 Å². The van der Waals surface area contributed by atoms with Crippen LogP contribution in [0.2, 0.25) is 0 Å². The summed E-state index contributed by atoms with van der Waals surface area (Å²) in [6.07, 6.45) is 0. The number of nitrogens with zero attached hydrogens (tertiary/aromatic N) is 2. The summed E-state index contributed by atoms with van der Waals surface area (Å²) in [5.74, 6) is 0. The van der Waals surface area contributed by atoms with Gasteiger partial charge in [-0.2, -0.15) is 5.11 Å². The van der Waals surface area contributed by atoms with Crippen LogP contribution in [0.15, 0.2) is 40.6 Å². The Morgan fingerprint density at radius 3 is 2.16 bits per heavy atom. The Kier molecular flexibility index (Phi) is 3.51. The first-order valence-electron chi connectivity index (χ1n) is 6.12. The van der Waals surface area contributed by atoms with Crippen molar-refractivity contribution in [3.8, 4) is 0 Å². The van der Waals surface area contributed by atoms with Crippen molar-refractivity contribution >= 4 is 22.7 Å². The van der Waals surface area contributed by atoms with Gasteiger partial charge < -0.3 is 11.5 Å². The first-order valence-corrected chi connectivity index (χ1v) is 6.12. The number of benzene rings is 2. The third-order valence-corrected chi connectivity index (χ3v) is 3.18. The zero-order valence-electron chi connectivity index (χ0n) is 11.4. The molecule has 0 saturated heterocycles. The van der Waals surface area contributed by atoms with Crippen molar-refractivity contribution in [1.29, 1.82) is 0 Å². The van der Waals surface area contributed by atoms with Gasteiger partial charge in [0.2, 0.25) is 0 Å². The number of azo groups is 1. The number of anilines is 2. The van der Waals surface area contributed by atoms with Gasteiger partial charge in [-0.3, -0.25) is 0 Å². The SMILES string of the molecule is Cc1ccc(/N=N/c2cc(C)c(N)cc2N)cc1C. The molecule has 2 rings (SSSR count). The highest BCUT2D eigenvalue weighted by Gasteiger charge is 2.02. The smallest absolute Gasteiger partial charge is 0.109 e. The lowest BCUT2D eigenvalue weighted by atomic mass is 10.1. The van der Waals surface area contributed by atoms with Crippen LogP contribution in [0, 0.1) is 20.8 Å². The number of aryl methyl sites for hydroxylation is 3. The summed E-state index contributed by atoms with van der Waals surface area (Å²) < 4.78 is 0. The largest absolute Gasteiger partial charge is 0.398 e. The van der Waals surface area contributed by atoms with E-state index in [2.05, 4.69) is 24.1 Å². The van der Waals surface area contributed by atoms with Crippen molar-refractivity contribution in [2.45, 2.75) is 20.8 Å². The Morgan fingerprint density at radius 1 is 0.737 bits per heavy atom. The second kappa shape index (κ2) is 5.10. The third kappa shape index (κ3) is 2.91. The maximum absolute atomic E-state index is 5.87. The Labute approximate surface area is 113 Å². The quantitative estimate of drug-likeness (QED) is 0.622. The van der Waals surface area contributed by atoms with Crippen molar-refractivity contribution in [1.82, 2.24) is 0 Å². The number of nitrogen functional groups attached to an aromatic ring is 2. The second-order valence-electron chi connectivity index (χ2n) is 4.74. The molecular weight excluding hydrogens is 236 g/mol. The van der Waals surface area contributed by atoms with E-state index in [0.717, 1.165) is 11.3 Å². The van der Waals surface area contributed by atoms with Gasteiger partial charge in [-0.05, 0) is 61.7 Å². The van der Waals surface area contributed by atoms with Gasteiger partial charge in [0.15, 0.2) is 0 Å². The molecule has 0 amide bonds. The van der Waals surface area contributed by atoms with Gasteiger partial charge in [-0.25, -0.2) is 0 Å². The van der Waals surface area contributed by atoms with Gasteiger partial charge in [-0.1, -0.05) is 6.07 Å². The van der Waals surface area contributed by atoms with E-state index in [1.165, 1.54) is 11.1 Å². The van der Waals surface area contributed by atoms with Gasteiger partial charge >= 0.3 is 0 Å². The van der Waals surface area contributed by atoms with E-state index >= 15 is 0 Å².